The van der Waals surface area contributed by atoms with E-state index in [1.807, 2.05) is 24.3 Å². The molecule has 0 spiro atoms. The molecule has 126 valence electrons. The van der Waals surface area contributed by atoms with Gasteiger partial charge in [-0.1, -0.05) is 54.6 Å². The van der Waals surface area contributed by atoms with Crippen LogP contribution in [-0.4, -0.2) is 6.10 Å². The molecule has 24 heavy (non-hydrogen) atoms. The van der Waals surface area contributed by atoms with E-state index < -0.39 is 11.7 Å². The van der Waals surface area contributed by atoms with Crippen molar-refractivity contribution in [3.8, 4) is 0 Å². The van der Waals surface area contributed by atoms with Crippen molar-refractivity contribution in [2.24, 2.45) is 0 Å². The first-order valence-electron chi connectivity index (χ1n) is 8.05. The number of halogens is 3. The number of hydrogen-bond donors (Lipinski definition) is 0. The number of rotatable bonds is 4. The van der Waals surface area contributed by atoms with E-state index >= 15 is 0 Å². The molecular weight excluding hydrogens is 313 g/mol. The molecule has 2 aromatic carbocycles. The predicted molar refractivity (Wildman–Crippen MR) is 87.6 cm³/mol. The maximum atomic E-state index is 12.6. The highest BCUT2D eigenvalue weighted by atomic mass is 19.4. The van der Waals surface area contributed by atoms with Crippen molar-refractivity contribution in [3.05, 3.63) is 83.4 Å². The molecule has 0 N–H and O–H groups in total. The van der Waals surface area contributed by atoms with Crippen LogP contribution in [0, 0.1) is 0 Å². The van der Waals surface area contributed by atoms with E-state index in [0.717, 1.165) is 37.0 Å². The van der Waals surface area contributed by atoms with Crippen molar-refractivity contribution in [1.29, 1.82) is 0 Å². The van der Waals surface area contributed by atoms with Crippen LogP contribution in [-0.2, 0) is 17.3 Å². The summed E-state index contributed by atoms with van der Waals surface area (Å²) in [6, 6.07) is 15.4. The normalized spacial score (nSPS) is 21.0. The van der Waals surface area contributed by atoms with E-state index in [4.69, 9.17) is 4.74 Å². The first kappa shape index (κ1) is 16.8. The molecular formula is C20H19F3O. The fourth-order valence-electron chi connectivity index (χ4n) is 2.87. The van der Waals surface area contributed by atoms with E-state index in [2.05, 4.69) is 18.2 Å². The van der Waals surface area contributed by atoms with Crippen LogP contribution in [0.4, 0.5) is 13.2 Å². The summed E-state index contributed by atoms with van der Waals surface area (Å²) >= 11 is 0. The average Bonchev–Trinajstić information content (AvgIpc) is 2.60. The standard InChI is InChI=1S/C20H19F3O/c21-20(22,23)17-12-10-16(11-13-17)19-8-4-7-18(24-19)14-9-15-5-2-1-3-6-15/h1-6,8,10-13,18-19H,7,9,14H2/t18-,19+/m0/s1. The lowest BCUT2D eigenvalue weighted by molar-refractivity contribution is -0.137. The van der Waals surface area contributed by atoms with Crippen LogP contribution in [0.1, 0.15) is 35.6 Å². The molecule has 0 fully saturated rings. The van der Waals surface area contributed by atoms with Gasteiger partial charge >= 0.3 is 6.18 Å². The molecule has 4 heteroatoms. The van der Waals surface area contributed by atoms with E-state index in [1.54, 1.807) is 0 Å². The van der Waals surface area contributed by atoms with Crippen LogP contribution in [0.2, 0.25) is 0 Å². The molecule has 2 aromatic rings. The number of aryl methyl sites for hydroxylation is 1. The van der Waals surface area contributed by atoms with Gasteiger partial charge < -0.3 is 4.74 Å². The summed E-state index contributed by atoms with van der Waals surface area (Å²) in [6.45, 7) is 0. The lowest BCUT2D eigenvalue weighted by atomic mass is 9.99. The predicted octanol–water partition coefficient (Wildman–Crippen LogP) is 5.72. The van der Waals surface area contributed by atoms with Crippen LogP contribution >= 0.6 is 0 Å². The zero-order valence-corrected chi connectivity index (χ0v) is 13.2. The zero-order chi connectivity index (χ0) is 17.0. The van der Waals surface area contributed by atoms with Crippen LogP contribution in [0.3, 0.4) is 0 Å². The number of ether oxygens (including phenoxy) is 1. The summed E-state index contributed by atoms with van der Waals surface area (Å²) in [5.41, 5.74) is 1.39. The second-order valence-electron chi connectivity index (χ2n) is 5.99. The molecule has 0 aromatic heterocycles. The topological polar surface area (TPSA) is 9.23 Å². The molecule has 3 rings (SSSR count). The Morgan fingerprint density at radius 2 is 1.67 bits per heavy atom. The van der Waals surface area contributed by atoms with Gasteiger partial charge in [-0.25, -0.2) is 0 Å². The van der Waals surface area contributed by atoms with Gasteiger partial charge in [0.05, 0.1) is 11.7 Å². The summed E-state index contributed by atoms with van der Waals surface area (Å²) < 4.78 is 44.0. The minimum absolute atomic E-state index is 0.0856. The molecule has 2 atom stereocenters. The molecule has 1 aliphatic heterocycles. The van der Waals surface area contributed by atoms with Gasteiger partial charge in [0, 0.05) is 0 Å². The summed E-state index contributed by atoms with van der Waals surface area (Å²) in [5.74, 6) is 0. The van der Waals surface area contributed by atoms with Crippen molar-refractivity contribution >= 4 is 0 Å². The summed E-state index contributed by atoms with van der Waals surface area (Å²) in [5, 5.41) is 0. The van der Waals surface area contributed by atoms with Crippen molar-refractivity contribution in [2.45, 2.75) is 37.6 Å². The molecule has 1 nitrogen and oxygen atoms in total. The molecule has 1 aliphatic rings. The second kappa shape index (κ2) is 7.22. The monoisotopic (exact) mass is 332 g/mol. The molecule has 0 aliphatic carbocycles. The van der Waals surface area contributed by atoms with E-state index in [9.17, 15) is 13.2 Å². The fraction of sp³-hybridized carbons (Fsp3) is 0.300. The molecule has 0 saturated heterocycles. The van der Waals surface area contributed by atoms with Gasteiger partial charge in [-0.05, 0) is 42.5 Å². The summed E-state index contributed by atoms with van der Waals surface area (Å²) in [6.07, 6.45) is 2.14. The van der Waals surface area contributed by atoms with E-state index in [-0.39, 0.29) is 12.2 Å². The zero-order valence-electron chi connectivity index (χ0n) is 13.2. The highest BCUT2D eigenvalue weighted by Gasteiger charge is 2.30. The van der Waals surface area contributed by atoms with Gasteiger partial charge in [0.2, 0.25) is 0 Å². The lowest BCUT2D eigenvalue weighted by Gasteiger charge is -2.26. The van der Waals surface area contributed by atoms with Gasteiger partial charge in [0.25, 0.3) is 0 Å². The van der Waals surface area contributed by atoms with Gasteiger partial charge in [-0.15, -0.1) is 0 Å². The van der Waals surface area contributed by atoms with Crippen molar-refractivity contribution in [3.63, 3.8) is 0 Å². The molecule has 0 radical (unpaired) electrons. The third kappa shape index (κ3) is 4.26. The fourth-order valence-corrected chi connectivity index (χ4v) is 2.87. The Balaban J connectivity index is 1.61. The smallest absolute Gasteiger partial charge is 0.366 e. The first-order valence-corrected chi connectivity index (χ1v) is 8.05. The van der Waals surface area contributed by atoms with E-state index in [1.165, 1.54) is 17.7 Å². The Labute approximate surface area is 139 Å². The van der Waals surface area contributed by atoms with Gasteiger partial charge in [-0.2, -0.15) is 13.2 Å². The third-order valence-corrected chi connectivity index (χ3v) is 4.21. The van der Waals surface area contributed by atoms with Crippen LogP contribution in [0.25, 0.3) is 0 Å². The van der Waals surface area contributed by atoms with Gasteiger partial charge in [0.15, 0.2) is 0 Å². The van der Waals surface area contributed by atoms with Crippen molar-refractivity contribution < 1.29 is 17.9 Å². The van der Waals surface area contributed by atoms with Crippen LogP contribution in [0.15, 0.2) is 66.7 Å². The number of alkyl halides is 3. The number of hydrogen-bond acceptors (Lipinski definition) is 1. The molecule has 0 unspecified atom stereocenters. The largest absolute Gasteiger partial charge is 0.416 e. The van der Waals surface area contributed by atoms with Gasteiger partial charge in [0.1, 0.15) is 6.10 Å². The number of benzene rings is 2. The minimum Gasteiger partial charge on any atom is -0.366 e. The third-order valence-electron chi connectivity index (χ3n) is 4.21. The molecule has 0 saturated carbocycles. The molecule has 0 amide bonds. The second-order valence-corrected chi connectivity index (χ2v) is 5.99. The van der Waals surface area contributed by atoms with Crippen LogP contribution in [0.5, 0.6) is 0 Å². The Morgan fingerprint density at radius 1 is 0.958 bits per heavy atom. The Bertz CT molecular complexity index is 674. The van der Waals surface area contributed by atoms with E-state index in [0.29, 0.717) is 0 Å². The summed E-state index contributed by atoms with van der Waals surface area (Å²) in [7, 11) is 0. The lowest BCUT2D eigenvalue weighted by Crippen LogP contribution is -2.20. The Kier molecular flexibility index (Phi) is 5.05. The van der Waals surface area contributed by atoms with Crippen molar-refractivity contribution in [1.82, 2.24) is 0 Å². The Morgan fingerprint density at radius 3 is 2.33 bits per heavy atom. The average molecular weight is 332 g/mol. The van der Waals surface area contributed by atoms with Crippen molar-refractivity contribution in [2.75, 3.05) is 0 Å². The Hall–Kier alpha value is -2.07. The molecule has 1 heterocycles. The van der Waals surface area contributed by atoms with Gasteiger partial charge in [-0.3, -0.25) is 0 Å². The first-order chi connectivity index (χ1) is 11.5. The maximum absolute atomic E-state index is 12.6. The highest BCUT2D eigenvalue weighted by Crippen LogP contribution is 2.32. The quantitative estimate of drug-likeness (QED) is 0.650. The van der Waals surface area contributed by atoms with Crippen LogP contribution < -0.4 is 0 Å². The highest BCUT2D eigenvalue weighted by molar-refractivity contribution is 5.28. The molecule has 0 bridgehead atoms. The SMILES string of the molecule is FC(F)(F)c1ccc([C@H]2C=CC[C@@H](CCc3ccccc3)O2)cc1. The summed E-state index contributed by atoms with van der Waals surface area (Å²) in [4.78, 5) is 0. The minimum atomic E-state index is -4.31. The maximum Gasteiger partial charge on any atom is 0.416 e.